The lowest BCUT2D eigenvalue weighted by molar-refractivity contribution is 0.0989. The van der Waals surface area contributed by atoms with Crippen LogP contribution in [0.1, 0.15) is 16.8 Å². The first-order valence-corrected chi connectivity index (χ1v) is 6.54. The molecule has 0 amide bonds. The highest BCUT2D eigenvalue weighted by Crippen LogP contribution is 2.16. The second-order valence-corrected chi connectivity index (χ2v) is 4.91. The molecule has 0 spiro atoms. The normalized spacial score (nSPS) is 10.6. The number of rotatable bonds is 5. The Balaban J connectivity index is 1.85. The summed E-state index contributed by atoms with van der Waals surface area (Å²) in [6, 6.07) is 5.64. The molecule has 2 aromatic rings. The average molecular weight is 264 g/mol. The fraction of sp³-hybridized carbons (Fsp3) is 0.231. The van der Waals surface area contributed by atoms with E-state index in [0.29, 0.717) is 17.7 Å². The van der Waals surface area contributed by atoms with Gasteiger partial charge < -0.3 is 4.57 Å². The maximum Gasteiger partial charge on any atom is 0.167 e. The third-order valence-corrected chi connectivity index (χ3v) is 3.56. The molecule has 0 saturated carbocycles. The predicted octanol–water partition coefficient (Wildman–Crippen LogP) is 2.92. The van der Waals surface area contributed by atoms with Crippen LogP contribution in [0.15, 0.2) is 41.8 Å². The number of benzene rings is 1. The minimum absolute atomic E-state index is 0.0247. The van der Waals surface area contributed by atoms with Crippen LogP contribution in [0.4, 0.5) is 4.39 Å². The lowest BCUT2D eigenvalue weighted by Crippen LogP contribution is -2.01. The van der Waals surface area contributed by atoms with Crippen LogP contribution >= 0.6 is 11.8 Å². The Bertz CT molecular complexity index is 536. The van der Waals surface area contributed by atoms with Crippen molar-refractivity contribution in [3.8, 4) is 0 Å². The molecule has 1 heterocycles. The molecule has 5 heteroatoms. The summed E-state index contributed by atoms with van der Waals surface area (Å²) >= 11 is 1.54. The van der Waals surface area contributed by atoms with Crippen molar-refractivity contribution in [2.75, 3.05) is 5.75 Å². The second-order valence-electron chi connectivity index (χ2n) is 3.85. The van der Waals surface area contributed by atoms with Crippen LogP contribution in [0.3, 0.4) is 0 Å². The molecule has 0 saturated heterocycles. The van der Waals surface area contributed by atoms with E-state index in [9.17, 15) is 9.18 Å². The van der Waals surface area contributed by atoms with Crippen molar-refractivity contribution in [2.45, 2.75) is 11.6 Å². The van der Waals surface area contributed by atoms with Crippen molar-refractivity contribution < 1.29 is 9.18 Å². The molecule has 0 aliphatic rings. The van der Waals surface area contributed by atoms with Crippen LogP contribution in [-0.4, -0.2) is 21.1 Å². The lowest BCUT2D eigenvalue weighted by Gasteiger charge is -2.02. The van der Waals surface area contributed by atoms with E-state index in [0.717, 1.165) is 5.16 Å². The van der Waals surface area contributed by atoms with Crippen LogP contribution < -0.4 is 0 Å². The summed E-state index contributed by atoms with van der Waals surface area (Å²) < 4.78 is 14.6. The highest BCUT2D eigenvalue weighted by atomic mass is 32.2. The molecule has 0 bridgehead atoms. The van der Waals surface area contributed by atoms with Crippen molar-refractivity contribution in [3.63, 3.8) is 0 Å². The molecule has 0 atom stereocenters. The third-order valence-electron chi connectivity index (χ3n) is 2.50. The third kappa shape index (κ3) is 3.20. The number of halogens is 1. The van der Waals surface area contributed by atoms with Gasteiger partial charge in [0, 0.05) is 37.2 Å². The Morgan fingerprint density at radius 2 is 2.11 bits per heavy atom. The summed E-state index contributed by atoms with van der Waals surface area (Å²) in [5, 5.41) is 0.891. The van der Waals surface area contributed by atoms with E-state index in [1.165, 1.54) is 36.0 Å². The molecule has 18 heavy (non-hydrogen) atoms. The van der Waals surface area contributed by atoms with Gasteiger partial charge in [-0.2, -0.15) is 0 Å². The predicted molar refractivity (Wildman–Crippen MR) is 69.3 cm³/mol. The zero-order valence-electron chi connectivity index (χ0n) is 9.97. The van der Waals surface area contributed by atoms with Crippen molar-refractivity contribution in [2.24, 2.45) is 7.05 Å². The summed E-state index contributed by atoms with van der Waals surface area (Å²) in [6.45, 7) is 0. The van der Waals surface area contributed by atoms with Gasteiger partial charge in [-0.25, -0.2) is 9.37 Å². The summed E-state index contributed by atoms with van der Waals surface area (Å²) in [5.41, 5.74) is 0.553. The molecule has 0 aliphatic carbocycles. The van der Waals surface area contributed by atoms with E-state index in [1.54, 1.807) is 6.20 Å². The first-order valence-electron chi connectivity index (χ1n) is 5.55. The highest BCUT2D eigenvalue weighted by molar-refractivity contribution is 7.99. The molecular weight excluding hydrogens is 251 g/mol. The van der Waals surface area contributed by atoms with Gasteiger partial charge in [0.2, 0.25) is 0 Å². The van der Waals surface area contributed by atoms with Crippen LogP contribution in [0.25, 0.3) is 0 Å². The van der Waals surface area contributed by atoms with Gasteiger partial charge in [-0.1, -0.05) is 11.8 Å². The maximum atomic E-state index is 12.7. The molecule has 0 unspecified atom stereocenters. The molecule has 1 aromatic heterocycles. The molecule has 0 fully saturated rings. The second kappa shape index (κ2) is 5.82. The van der Waals surface area contributed by atoms with Gasteiger partial charge in [0.1, 0.15) is 5.82 Å². The van der Waals surface area contributed by atoms with Gasteiger partial charge in [-0.05, 0) is 24.3 Å². The summed E-state index contributed by atoms with van der Waals surface area (Å²) in [4.78, 5) is 16.0. The van der Waals surface area contributed by atoms with E-state index >= 15 is 0 Å². The van der Waals surface area contributed by atoms with E-state index in [-0.39, 0.29) is 11.6 Å². The Labute approximate surface area is 109 Å². The molecule has 0 aliphatic heterocycles. The summed E-state index contributed by atoms with van der Waals surface area (Å²) in [5.74, 6) is 0.367. The van der Waals surface area contributed by atoms with Crippen LogP contribution in [-0.2, 0) is 7.05 Å². The zero-order valence-corrected chi connectivity index (χ0v) is 10.8. The molecule has 0 N–H and O–H groups in total. The Hall–Kier alpha value is -1.62. The Morgan fingerprint density at radius 1 is 1.39 bits per heavy atom. The number of nitrogens with zero attached hydrogens (tertiary/aromatic N) is 2. The van der Waals surface area contributed by atoms with Gasteiger partial charge in [0.05, 0.1) is 0 Å². The number of hydrogen-bond donors (Lipinski definition) is 0. The standard InChI is InChI=1S/C13H13FN2OS/c1-16-8-7-15-13(16)18-9-6-12(17)10-2-4-11(14)5-3-10/h2-5,7-8H,6,9H2,1H3. The first-order chi connectivity index (χ1) is 8.66. The van der Waals surface area contributed by atoms with Crippen molar-refractivity contribution in [1.29, 1.82) is 0 Å². The van der Waals surface area contributed by atoms with Crippen molar-refractivity contribution in [1.82, 2.24) is 9.55 Å². The Kier molecular flexibility index (Phi) is 4.15. The number of hydrogen-bond acceptors (Lipinski definition) is 3. The number of aromatic nitrogens is 2. The quantitative estimate of drug-likeness (QED) is 0.615. The zero-order chi connectivity index (χ0) is 13.0. The average Bonchev–Trinajstić information content (AvgIpc) is 2.76. The maximum absolute atomic E-state index is 12.7. The van der Waals surface area contributed by atoms with Gasteiger partial charge in [-0.15, -0.1) is 0 Å². The number of thioether (sulfide) groups is 1. The van der Waals surface area contributed by atoms with Crippen LogP contribution in [0.5, 0.6) is 0 Å². The number of aryl methyl sites for hydroxylation is 1. The minimum atomic E-state index is -0.325. The number of ketones is 1. The van der Waals surface area contributed by atoms with E-state index in [1.807, 2.05) is 17.8 Å². The molecular formula is C13H13FN2OS. The smallest absolute Gasteiger partial charge is 0.167 e. The fourth-order valence-electron chi connectivity index (χ4n) is 1.51. The largest absolute Gasteiger partial charge is 0.329 e. The first kappa shape index (κ1) is 12.8. The number of imidazole rings is 1. The minimum Gasteiger partial charge on any atom is -0.329 e. The topological polar surface area (TPSA) is 34.9 Å². The summed E-state index contributed by atoms with van der Waals surface area (Å²) in [6.07, 6.45) is 4.01. The molecule has 0 radical (unpaired) electrons. The van der Waals surface area contributed by atoms with E-state index in [2.05, 4.69) is 4.98 Å². The van der Waals surface area contributed by atoms with Crippen molar-refractivity contribution in [3.05, 3.63) is 48.0 Å². The number of carbonyl (C=O) groups excluding carboxylic acids is 1. The number of carbonyl (C=O) groups is 1. The van der Waals surface area contributed by atoms with Gasteiger partial charge in [0.25, 0.3) is 0 Å². The Morgan fingerprint density at radius 3 is 2.72 bits per heavy atom. The lowest BCUT2D eigenvalue weighted by atomic mass is 10.1. The molecule has 1 aromatic carbocycles. The van der Waals surface area contributed by atoms with Crippen molar-refractivity contribution >= 4 is 17.5 Å². The van der Waals surface area contributed by atoms with Crippen LogP contribution in [0, 0.1) is 5.82 Å². The van der Waals surface area contributed by atoms with E-state index < -0.39 is 0 Å². The fourth-order valence-corrected chi connectivity index (χ4v) is 2.38. The highest BCUT2D eigenvalue weighted by Gasteiger charge is 2.07. The van der Waals surface area contributed by atoms with Crippen LogP contribution in [0.2, 0.25) is 0 Å². The molecule has 94 valence electrons. The van der Waals surface area contributed by atoms with E-state index in [4.69, 9.17) is 0 Å². The molecule has 3 nitrogen and oxygen atoms in total. The monoisotopic (exact) mass is 264 g/mol. The molecule has 2 rings (SSSR count). The van der Waals surface area contributed by atoms with Gasteiger partial charge in [0.15, 0.2) is 10.9 Å². The summed E-state index contributed by atoms with van der Waals surface area (Å²) in [7, 11) is 1.91. The van der Waals surface area contributed by atoms with Gasteiger partial charge >= 0.3 is 0 Å². The number of Topliss-reactive ketones (excluding diaryl/α,β-unsaturated/α-hetero) is 1. The SMILES string of the molecule is Cn1ccnc1SCCC(=O)c1ccc(F)cc1. The van der Waals surface area contributed by atoms with Gasteiger partial charge in [-0.3, -0.25) is 4.79 Å².